The molecule has 0 radical (unpaired) electrons. The maximum Gasteiger partial charge on any atom is 0.321 e. The minimum absolute atomic E-state index is 0.115. The van der Waals surface area contributed by atoms with Crippen molar-refractivity contribution < 1.29 is 14.7 Å². The Bertz CT molecular complexity index is 379. The van der Waals surface area contributed by atoms with Gasteiger partial charge in [0.05, 0.1) is 6.54 Å². The number of carboxylic acid groups (broad SMARTS) is 1. The fraction of sp³-hybridized carbons (Fsp3) is 0.857. The van der Waals surface area contributed by atoms with Gasteiger partial charge in [-0.05, 0) is 37.5 Å². The van der Waals surface area contributed by atoms with Crippen LogP contribution in [-0.4, -0.2) is 59.0 Å². The van der Waals surface area contributed by atoms with Gasteiger partial charge in [0.2, 0.25) is 5.91 Å². The molecule has 5 heteroatoms. The Morgan fingerprint density at radius 1 is 1.11 bits per heavy atom. The Labute approximate surface area is 113 Å². The minimum atomic E-state index is -0.747. The summed E-state index contributed by atoms with van der Waals surface area (Å²) in [4.78, 5) is 27.5. The van der Waals surface area contributed by atoms with E-state index in [1.165, 1.54) is 0 Å². The van der Waals surface area contributed by atoms with Crippen molar-refractivity contribution in [2.24, 2.45) is 11.8 Å². The van der Waals surface area contributed by atoms with Gasteiger partial charge < -0.3 is 10.0 Å². The Morgan fingerprint density at radius 2 is 1.84 bits per heavy atom. The van der Waals surface area contributed by atoms with Crippen LogP contribution in [0.1, 0.15) is 32.1 Å². The Kier molecular flexibility index (Phi) is 3.48. The van der Waals surface area contributed by atoms with Gasteiger partial charge in [-0.2, -0.15) is 0 Å². The number of hydrogen-bond acceptors (Lipinski definition) is 3. The molecule has 0 bridgehead atoms. The molecule has 3 unspecified atom stereocenters. The molecule has 0 spiro atoms. The zero-order valence-corrected chi connectivity index (χ0v) is 11.3. The van der Waals surface area contributed by atoms with Gasteiger partial charge >= 0.3 is 5.97 Å². The molecule has 106 valence electrons. The van der Waals surface area contributed by atoms with Crippen molar-refractivity contribution in [3.63, 3.8) is 0 Å². The quantitative estimate of drug-likeness (QED) is 0.820. The third-order valence-corrected chi connectivity index (χ3v) is 5.04. The van der Waals surface area contributed by atoms with Crippen LogP contribution < -0.4 is 0 Å². The summed E-state index contributed by atoms with van der Waals surface area (Å²) in [6, 6.07) is -0.431. The Morgan fingerprint density at radius 3 is 2.53 bits per heavy atom. The average Bonchev–Trinajstić information content (AvgIpc) is 3.03. The highest BCUT2D eigenvalue weighted by Gasteiger charge is 2.48. The van der Waals surface area contributed by atoms with Crippen LogP contribution in [0.4, 0.5) is 0 Å². The van der Waals surface area contributed by atoms with Crippen molar-refractivity contribution in [1.82, 2.24) is 9.80 Å². The van der Waals surface area contributed by atoms with Crippen molar-refractivity contribution >= 4 is 11.9 Å². The molecule has 3 aliphatic rings. The van der Waals surface area contributed by atoms with Crippen molar-refractivity contribution in [2.75, 3.05) is 26.2 Å². The second kappa shape index (κ2) is 5.12. The fourth-order valence-electron chi connectivity index (χ4n) is 4.14. The molecule has 1 N–H and O–H groups in total. The predicted molar refractivity (Wildman–Crippen MR) is 69.6 cm³/mol. The van der Waals surface area contributed by atoms with Gasteiger partial charge in [-0.3, -0.25) is 14.5 Å². The van der Waals surface area contributed by atoms with E-state index in [4.69, 9.17) is 0 Å². The third kappa shape index (κ3) is 2.36. The predicted octanol–water partition coefficient (Wildman–Crippen LogP) is 0.794. The van der Waals surface area contributed by atoms with E-state index in [1.807, 2.05) is 9.80 Å². The second-order valence-electron chi connectivity index (χ2n) is 6.16. The standard InChI is InChI=1S/C14H22N2O3/c17-12(15-6-1-2-7-15)9-16-8-10-4-3-5-11(10)13(16)14(18)19/h10-11,13H,1-9H2,(H,18,19). The minimum Gasteiger partial charge on any atom is -0.480 e. The van der Waals surface area contributed by atoms with Gasteiger partial charge in [0.15, 0.2) is 0 Å². The van der Waals surface area contributed by atoms with Gasteiger partial charge in [-0.25, -0.2) is 0 Å². The van der Waals surface area contributed by atoms with Crippen LogP contribution >= 0.6 is 0 Å². The molecule has 2 aliphatic heterocycles. The molecular formula is C14H22N2O3. The number of carbonyl (C=O) groups excluding carboxylic acids is 1. The van der Waals surface area contributed by atoms with Crippen LogP contribution in [0.15, 0.2) is 0 Å². The summed E-state index contributed by atoms with van der Waals surface area (Å²) in [5.41, 5.74) is 0. The van der Waals surface area contributed by atoms with Gasteiger partial charge in [-0.15, -0.1) is 0 Å². The summed E-state index contributed by atoms with van der Waals surface area (Å²) in [5.74, 6) is 0.128. The monoisotopic (exact) mass is 266 g/mol. The van der Waals surface area contributed by atoms with Crippen LogP contribution in [0.25, 0.3) is 0 Å². The first kappa shape index (κ1) is 12.9. The van der Waals surface area contributed by atoms with E-state index < -0.39 is 12.0 Å². The zero-order valence-electron chi connectivity index (χ0n) is 11.3. The molecule has 1 aliphatic carbocycles. The number of nitrogens with zero attached hydrogens (tertiary/aromatic N) is 2. The highest BCUT2D eigenvalue weighted by Crippen LogP contribution is 2.42. The summed E-state index contributed by atoms with van der Waals surface area (Å²) in [5, 5.41) is 9.44. The largest absolute Gasteiger partial charge is 0.480 e. The molecule has 0 aromatic heterocycles. The van der Waals surface area contributed by atoms with Crippen LogP contribution in [0.5, 0.6) is 0 Å². The van der Waals surface area contributed by atoms with Gasteiger partial charge in [0.25, 0.3) is 0 Å². The number of hydrogen-bond donors (Lipinski definition) is 1. The maximum atomic E-state index is 12.2. The molecule has 2 saturated heterocycles. The van der Waals surface area contributed by atoms with Gasteiger partial charge in [0, 0.05) is 19.6 Å². The third-order valence-electron chi connectivity index (χ3n) is 5.04. The lowest BCUT2D eigenvalue weighted by molar-refractivity contribution is -0.144. The first-order valence-corrected chi connectivity index (χ1v) is 7.41. The smallest absolute Gasteiger partial charge is 0.321 e. The molecule has 5 nitrogen and oxygen atoms in total. The zero-order chi connectivity index (χ0) is 13.4. The lowest BCUT2D eigenvalue weighted by Crippen LogP contribution is -2.45. The van der Waals surface area contributed by atoms with Crippen molar-refractivity contribution in [3.8, 4) is 0 Å². The highest BCUT2D eigenvalue weighted by molar-refractivity contribution is 5.80. The summed E-state index contributed by atoms with van der Waals surface area (Å²) >= 11 is 0. The molecule has 1 saturated carbocycles. The highest BCUT2D eigenvalue weighted by atomic mass is 16.4. The maximum absolute atomic E-state index is 12.2. The summed E-state index contributed by atoms with van der Waals surface area (Å²) in [6.45, 7) is 2.78. The Balaban J connectivity index is 1.66. The Hall–Kier alpha value is -1.10. The van der Waals surface area contributed by atoms with Crippen LogP contribution in [0.2, 0.25) is 0 Å². The fourth-order valence-corrected chi connectivity index (χ4v) is 4.14. The first-order valence-electron chi connectivity index (χ1n) is 7.41. The van der Waals surface area contributed by atoms with Crippen molar-refractivity contribution in [3.05, 3.63) is 0 Å². The molecular weight excluding hydrogens is 244 g/mol. The summed E-state index contributed by atoms with van der Waals surface area (Å²) in [6.07, 6.45) is 5.45. The number of likely N-dealkylation sites (tertiary alicyclic amines) is 2. The van der Waals surface area contributed by atoms with E-state index in [0.717, 1.165) is 51.7 Å². The molecule has 1 amide bonds. The van der Waals surface area contributed by atoms with Gasteiger partial charge in [-0.1, -0.05) is 6.42 Å². The molecule has 2 heterocycles. The van der Waals surface area contributed by atoms with E-state index in [2.05, 4.69) is 0 Å². The second-order valence-corrected chi connectivity index (χ2v) is 6.16. The van der Waals surface area contributed by atoms with Crippen molar-refractivity contribution in [1.29, 1.82) is 0 Å². The molecule has 0 aromatic rings. The molecule has 3 fully saturated rings. The normalized spacial score (nSPS) is 34.7. The van der Waals surface area contributed by atoms with Crippen LogP contribution in [-0.2, 0) is 9.59 Å². The van der Waals surface area contributed by atoms with E-state index in [1.54, 1.807) is 0 Å². The summed E-state index contributed by atoms with van der Waals surface area (Å²) in [7, 11) is 0. The lowest BCUT2D eigenvalue weighted by atomic mass is 9.94. The molecule has 3 rings (SSSR count). The first-order chi connectivity index (χ1) is 9.16. The average molecular weight is 266 g/mol. The van der Waals surface area contributed by atoms with Crippen molar-refractivity contribution in [2.45, 2.75) is 38.1 Å². The molecule has 3 atom stereocenters. The number of carboxylic acids is 1. The van der Waals surface area contributed by atoms with E-state index in [9.17, 15) is 14.7 Å². The number of aliphatic carboxylic acids is 1. The number of carbonyl (C=O) groups is 2. The molecule has 19 heavy (non-hydrogen) atoms. The van der Waals surface area contributed by atoms with E-state index >= 15 is 0 Å². The SMILES string of the molecule is O=C(O)C1C2CCCC2CN1CC(=O)N1CCCC1. The van der Waals surface area contributed by atoms with Crippen LogP contribution in [0, 0.1) is 11.8 Å². The number of rotatable bonds is 3. The van der Waals surface area contributed by atoms with E-state index in [0.29, 0.717) is 12.5 Å². The topological polar surface area (TPSA) is 60.9 Å². The summed E-state index contributed by atoms with van der Waals surface area (Å²) < 4.78 is 0. The van der Waals surface area contributed by atoms with E-state index in [-0.39, 0.29) is 11.8 Å². The number of amides is 1. The van der Waals surface area contributed by atoms with Crippen LogP contribution in [0.3, 0.4) is 0 Å². The molecule has 0 aromatic carbocycles. The lowest BCUT2D eigenvalue weighted by Gasteiger charge is -2.25. The van der Waals surface area contributed by atoms with Gasteiger partial charge in [0.1, 0.15) is 6.04 Å². The number of fused-ring (bicyclic) bond motifs is 1.